The Labute approximate surface area is 122 Å². The van der Waals surface area contributed by atoms with Crippen molar-refractivity contribution < 1.29 is 0 Å². The molecule has 2 aromatic carbocycles. The van der Waals surface area contributed by atoms with Crippen LogP contribution in [0.15, 0.2) is 41.9 Å². The van der Waals surface area contributed by atoms with Gasteiger partial charge in [0, 0.05) is 5.69 Å². The molecule has 3 rings (SSSR count). The van der Waals surface area contributed by atoms with Gasteiger partial charge in [0.1, 0.15) is 5.52 Å². The first-order chi connectivity index (χ1) is 9.65. The van der Waals surface area contributed by atoms with E-state index in [1.54, 1.807) is 11.3 Å². The fourth-order valence-corrected chi connectivity index (χ4v) is 2.86. The largest absolute Gasteiger partial charge is 0.395 e. The molecule has 3 N–H and O–H groups in total. The van der Waals surface area contributed by atoms with Crippen LogP contribution in [0.4, 0.5) is 17.1 Å². The van der Waals surface area contributed by atoms with Crippen LogP contribution >= 0.6 is 11.3 Å². The number of hydrogen-bond acceptors (Lipinski definition) is 4. The van der Waals surface area contributed by atoms with E-state index in [0.29, 0.717) is 11.6 Å². The van der Waals surface area contributed by atoms with Crippen LogP contribution in [-0.2, 0) is 0 Å². The Morgan fingerprint density at radius 1 is 1.10 bits per heavy atom. The maximum atomic E-state index is 6.17. The molecule has 0 aliphatic carbocycles. The standard InChI is InChI=1S/C16H17N3S/c1-10(2)11-3-5-12(6-4-11)19-13-7-8-14-16(15(13)17)18-9-20-14/h3-10,19H,17H2,1-2H3. The fraction of sp³-hybridized carbons (Fsp3) is 0.188. The van der Waals surface area contributed by atoms with Gasteiger partial charge in [-0.05, 0) is 35.7 Å². The van der Waals surface area contributed by atoms with Gasteiger partial charge in [0.05, 0.1) is 21.6 Å². The molecule has 0 atom stereocenters. The molecule has 0 aliphatic rings. The number of anilines is 3. The average molecular weight is 283 g/mol. The molecule has 0 fully saturated rings. The summed E-state index contributed by atoms with van der Waals surface area (Å²) in [5.41, 5.74) is 12.8. The third-order valence-corrected chi connectivity index (χ3v) is 4.19. The quantitative estimate of drug-likeness (QED) is 0.682. The van der Waals surface area contributed by atoms with E-state index < -0.39 is 0 Å². The molecule has 0 unspecified atom stereocenters. The Balaban J connectivity index is 1.90. The van der Waals surface area contributed by atoms with Gasteiger partial charge in [-0.15, -0.1) is 11.3 Å². The Bertz CT molecular complexity index is 729. The summed E-state index contributed by atoms with van der Waals surface area (Å²) in [5.74, 6) is 0.542. The van der Waals surface area contributed by atoms with Crippen molar-refractivity contribution in [3.8, 4) is 0 Å². The number of nitrogen functional groups attached to an aromatic ring is 1. The van der Waals surface area contributed by atoms with E-state index in [4.69, 9.17) is 5.73 Å². The highest BCUT2D eigenvalue weighted by atomic mass is 32.1. The van der Waals surface area contributed by atoms with Gasteiger partial charge in [0.2, 0.25) is 0 Å². The molecule has 0 saturated carbocycles. The van der Waals surface area contributed by atoms with Gasteiger partial charge in [-0.1, -0.05) is 26.0 Å². The summed E-state index contributed by atoms with van der Waals surface area (Å²) in [4.78, 5) is 4.31. The molecule has 0 amide bonds. The van der Waals surface area contributed by atoms with Gasteiger partial charge in [-0.25, -0.2) is 4.98 Å². The Hall–Kier alpha value is -2.07. The van der Waals surface area contributed by atoms with E-state index in [-0.39, 0.29) is 0 Å². The van der Waals surface area contributed by atoms with E-state index in [1.807, 2.05) is 17.6 Å². The van der Waals surface area contributed by atoms with Gasteiger partial charge in [-0.2, -0.15) is 0 Å². The maximum Gasteiger partial charge on any atom is 0.106 e. The molecule has 0 bridgehead atoms. The summed E-state index contributed by atoms with van der Waals surface area (Å²) in [7, 11) is 0. The topological polar surface area (TPSA) is 50.9 Å². The number of fused-ring (bicyclic) bond motifs is 1. The van der Waals surface area contributed by atoms with Gasteiger partial charge < -0.3 is 11.1 Å². The number of thiazole rings is 1. The molecule has 0 saturated heterocycles. The van der Waals surface area contributed by atoms with E-state index in [9.17, 15) is 0 Å². The molecule has 20 heavy (non-hydrogen) atoms. The molecule has 1 aromatic heterocycles. The monoisotopic (exact) mass is 283 g/mol. The Morgan fingerprint density at radius 2 is 1.85 bits per heavy atom. The lowest BCUT2D eigenvalue weighted by atomic mass is 10.0. The van der Waals surface area contributed by atoms with Crippen molar-refractivity contribution in [2.75, 3.05) is 11.1 Å². The van der Waals surface area contributed by atoms with Crippen LogP contribution in [0.1, 0.15) is 25.3 Å². The van der Waals surface area contributed by atoms with Crippen molar-refractivity contribution in [3.63, 3.8) is 0 Å². The summed E-state index contributed by atoms with van der Waals surface area (Å²) < 4.78 is 1.11. The zero-order valence-corrected chi connectivity index (χ0v) is 12.4. The van der Waals surface area contributed by atoms with E-state index in [2.05, 4.69) is 48.4 Å². The van der Waals surface area contributed by atoms with E-state index in [0.717, 1.165) is 21.6 Å². The minimum atomic E-state index is 0.542. The zero-order valence-electron chi connectivity index (χ0n) is 11.6. The molecule has 3 nitrogen and oxygen atoms in total. The van der Waals surface area contributed by atoms with E-state index in [1.165, 1.54) is 5.56 Å². The Kier molecular flexibility index (Phi) is 3.32. The van der Waals surface area contributed by atoms with Crippen molar-refractivity contribution in [2.45, 2.75) is 19.8 Å². The average Bonchev–Trinajstić information content (AvgIpc) is 2.92. The number of hydrogen-bond donors (Lipinski definition) is 2. The zero-order chi connectivity index (χ0) is 14.1. The molecule has 1 heterocycles. The van der Waals surface area contributed by atoms with Gasteiger partial charge in [0.25, 0.3) is 0 Å². The second-order valence-corrected chi connectivity index (χ2v) is 6.01. The van der Waals surface area contributed by atoms with Gasteiger partial charge >= 0.3 is 0 Å². The van der Waals surface area contributed by atoms with Crippen LogP contribution < -0.4 is 11.1 Å². The molecular formula is C16H17N3S. The number of nitrogens with two attached hydrogens (primary N) is 1. The van der Waals surface area contributed by atoms with Crippen LogP contribution in [0, 0.1) is 0 Å². The second-order valence-electron chi connectivity index (χ2n) is 5.13. The van der Waals surface area contributed by atoms with Crippen LogP contribution in [0.2, 0.25) is 0 Å². The number of nitrogens with zero attached hydrogens (tertiary/aromatic N) is 1. The summed E-state index contributed by atoms with van der Waals surface area (Å²) in [5, 5.41) is 3.36. The van der Waals surface area contributed by atoms with Crippen LogP contribution in [0.3, 0.4) is 0 Å². The second kappa shape index (κ2) is 5.13. The van der Waals surface area contributed by atoms with Crippen LogP contribution in [0.5, 0.6) is 0 Å². The number of aromatic nitrogens is 1. The van der Waals surface area contributed by atoms with E-state index >= 15 is 0 Å². The number of benzene rings is 2. The lowest BCUT2D eigenvalue weighted by Crippen LogP contribution is -1.97. The molecule has 4 heteroatoms. The molecule has 0 radical (unpaired) electrons. The molecule has 0 aliphatic heterocycles. The van der Waals surface area contributed by atoms with Gasteiger partial charge in [-0.3, -0.25) is 0 Å². The third kappa shape index (κ3) is 2.34. The van der Waals surface area contributed by atoms with Crippen molar-refractivity contribution in [3.05, 3.63) is 47.5 Å². The fourth-order valence-electron chi connectivity index (χ4n) is 2.17. The highest BCUT2D eigenvalue weighted by Crippen LogP contribution is 2.32. The highest BCUT2D eigenvalue weighted by Gasteiger charge is 2.07. The summed E-state index contributed by atoms with van der Waals surface area (Å²) in [6.45, 7) is 4.38. The predicted octanol–water partition coefficient (Wildman–Crippen LogP) is 4.75. The first-order valence-corrected chi connectivity index (χ1v) is 7.52. The summed E-state index contributed by atoms with van der Waals surface area (Å²) in [6, 6.07) is 12.5. The smallest absolute Gasteiger partial charge is 0.106 e. The summed E-state index contributed by atoms with van der Waals surface area (Å²) >= 11 is 1.60. The van der Waals surface area contributed by atoms with Crippen LogP contribution in [-0.4, -0.2) is 4.98 Å². The minimum Gasteiger partial charge on any atom is -0.395 e. The third-order valence-electron chi connectivity index (χ3n) is 3.40. The van der Waals surface area contributed by atoms with Crippen molar-refractivity contribution >= 4 is 38.6 Å². The molecule has 3 aromatic rings. The molecule has 102 valence electrons. The lowest BCUT2D eigenvalue weighted by Gasteiger charge is -2.11. The number of rotatable bonds is 3. The minimum absolute atomic E-state index is 0.542. The Morgan fingerprint density at radius 3 is 2.55 bits per heavy atom. The normalized spacial score (nSPS) is 11.2. The van der Waals surface area contributed by atoms with Crippen LogP contribution in [0.25, 0.3) is 10.2 Å². The molecule has 0 spiro atoms. The first-order valence-electron chi connectivity index (χ1n) is 6.64. The van der Waals surface area contributed by atoms with Gasteiger partial charge in [0.15, 0.2) is 0 Å². The number of nitrogens with one attached hydrogen (secondary N) is 1. The SMILES string of the molecule is CC(C)c1ccc(Nc2ccc3scnc3c2N)cc1. The first kappa shape index (κ1) is 12.9. The maximum absolute atomic E-state index is 6.17. The predicted molar refractivity (Wildman–Crippen MR) is 87.8 cm³/mol. The highest BCUT2D eigenvalue weighted by molar-refractivity contribution is 7.16. The van der Waals surface area contributed by atoms with Crippen molar-refractivity contribution in [1.29, 1.82) is 0 Å². The summed E-state index contributed by atoms with van der Waals surface area (Å²) in [6.07, 6.45) is 0. The lowest BCUT2D eigenvalue weighted by molar-refractivity contribution is 0.867. The van der Waals surface area contributed by atoms with Crippen molar-refractivity contribution in [1.82, 2.24) is 4.98 Å². The van der Waals surface area contributed by atoms with Crippen molar-refractivity contribution in [2.24, 2.45) is 0 Å². The molecular weight excluding hydrogens is 266 g/mol.